The molecule has 18 heavy (non-hydrogen) atoms. The number of furan rings is 1. The number of nitrogens with one attached hydrogen (secondary N) is 1. The van der Waals surface area contributed by atoms with Crippen molar-refractivity contribution in [3.05, 3.63) is 54.0 Å². The SMILES string of the molecule is NCc1ccc(NC(=O)CCc2ccco2)cc1. The van der Waals surface area contributed by atoms with Crippen molar-refractivity contribution in [2.24, 2.45) is 5.73 Å². The minimum Gasteiger partial charge on any atom is -0.469 e. The Balaban J connectivity index is 1.83. The lowest BCUT2D eigenvalue weighted by molar-refractivity contribution is -0.116. The summed E-state index contributed by atoms with van der Waals surface area (Å²) in [4.78, 5) is 11.7. The van der Waals surface area contributed by atoms with Crippen LogP contribution in [0.5, 0.6) is 0 Å². The first-order chi connectivity index (χ1) is 8.78. The average Bonchev–Trinajstić information content (AvgIpc) is 2.90. The minimum atomic E-state index is -0.0214. The van der Waals surface area contributed by atoms with E-state index in [0.717, 1.165) is 17.0 Å². The Morgan fingerprint density at radius 3 is 2.61 bits per heavy atom. The highest BCUT2D eigenvalue weighted by atomic mass is 16.3. The summed E-state index contributed by atoms with van der Waals surface area (Å²) in [6.45, 7) is 0.507. The number of nitrogens with two attached hydrogens (primary N) is 1. The van der Waals surface area contributed by atoms with Gasteiger partial charge in [-0.25, -0.2) is 0 Å². The molecule has 3 N–H and O–H groups in total. The fraction of sp³-hybridized carbons (Fsp3) is 0.214. The van der Waals surface area contributed by atoms with Crippen LogP contribution in [-0.4, -0.2) is 5.91 Å². The summed E-state index contributed by atoms with van der Waals surface area (Å²) in [5, 5.41) is 2.83. The molecule has 0 spiro atoms. The second-order valence-corrected chi connectivity index (χ2v) is 4.03. The fourth-order valence-electron chi connectivity index (χ4n) is 1.64. The summed E-state index contributed by atoms with van der Waals surface area (Å²) < 4.78 is 5.17. The lowest BCUT2D eigenvalue weighted by Gasteiger charge is -2.05. The maximum atomic E-state index is 11.7. The van der Waals surface area contributed by atoms with E-state index in [9.17, 15) is 4.79 Å². The van der Waals surface area contributed by atoms with E-state index in [1.165, 1.54) is 0 Å². The van der Waals surface area contributed by atoms with Crippen molar-refractivity contribution in [3.8, 4) is 0 Å². The van der Waals surface area contributed by atoms with E-state index in [4.69, 9.17) is 10.2 Å². The van der Waals surface area contributed by atoms with Crippen LogP contribution in [0.4, 0.5) is 5.69 Å². The van der Waals surface area contributed by atoms with Crippen LogP contribution in [0.1, 0.15) is 17.7 Å². The molecule has 0 saturated carbocycles. The Hall–Kier alpha value is -2.07. The van der Waals surface area contributed by atoms with Crippen molar-refractivity contribution in [2.45, 2.75) is 19.4 Å². The van der Waals surface area contributed by atoms with Gasteiger partial charge in [0, 0.05) is 25.1 Å². The summed E-state index contributed by atoms with van der Waals surface area (Å²) in [6.07, 6.45) is 2.63. The average molecular weight is 244 g/mol. The van der Waals surface area contributed by atoms with E-state index in [0.29, 0.717) is 19.4 Å². The van der Waals surface area contributed by atoms with E-state index in [1.54, 1.807) is 6.26 Å². The molecule has 0 aliphatic rings. The Morgan fingerprint density at radius 2 is 2.00 bits per heavy atom. The molecule has 0 unspecified atom stereocenters. The zero-order chi connectivity index (χ0) is 12.8. The first-order valence-electron chi connectivity index (χ1n) is 5.89. The predicted octanol–water partition coefficient (Wildman–Crippen LogP) is 2.31. The van der Waals surface area contributed by atoms with Gasteiger partial charge in [-0.3, -0.25) is 4.79 Å². The zero-order valence-electron chi connectivity index (χ0n) is 10.1. The highest BCUT2D eigenvalue weighted by Gasteiger charge is 2.04. The summed E-state index contributed by atoms with van der Waals surface area (Å²) >= 11 is 0. The van der Waals surface area contributed by atoms with Gasteiger partial charge in [-0.05, 0) is 29.8 Å². The van der Waals surface area contributed by atoms with Crippen LogP contribution in [0.2, 0.25) is 0 Å². The number of carbonyl (C=O) groups excluding carboxylic acids is 1. The van der Waals surface area contributed by atoms with Crippen molar-refractivity contribution in [3.63, 3.8) is 0 Å². The topological polar surface area (TPSA) is 68.3 Å². The molecule has 2 aromatic rings. The molecular weight excluding hydrogens is 228 g/mol. The van der Waals surface area contributed by atoms with Gasteiger partial charge in [0.1, 0.15) is 5.76 Å². The van der Waals surface area contributed by atoms with Crippen molar-refractivity contribution < 1.29 is 9.21 Å². The van der Waals surface area contributed by atoms with E-state index in [2.05, 4.69) is 5.32 Å². The van der Waals surface area contributed by atoms with Gasteiger partial charge in [0.2, 0.25) is 5.91 Å². The Kier molecular flexibility index (Phi) is 4.15. The number of rotatable bonds is 5. The number of hydrogen-bond acceptors (Lipinski definition) is 3. The number of aryl methyl sites for hydroxylation is 1. The molecule has 4 nitrogen and oxygen atoms in total. The summed E-state index contributed by atoms with van der Waals surface area (Å²) in [6, 6.07) is 11.2. The Bertz CT molecular complexity index is 489. The molecule has 0 aliphatic heterocycles. The van der Waals surface area contributed by atoms with E-state index < -0.39 is 0 Å². The van der Waals surface area contributed by atoms with E-state index in [-0.39, 0.29) is 5.91 Å². The summed E-state index contributed by atoms with van der Waals surface area (Å²) in [5.74, 6) is 0.801. The summed E-state index contributed by atoms with van der Waals surface area (Å²) in [7, 11) is 0. The molecule has 0 bridgehead atoms. The number of hydrogen-bond donors (Lipinski definition) is 2. The molecule has 1 aromatic carbocycles. The van der Waals surface area contributed by atoms with Gasteiger partial charge in [0.15, 0.2) is 0 Å². The monoisotopic (exact) mass is 244 g/mol. The Labute approximate surface area is 106 Å². The number of anilines is 1. The van der Waals surface area contributed by atoms with Crippen molar-refractivity contribution in [1.82, 2.24) is 0 Å². The molecule has 2 rings (SSSR count). The van der Waals surface area contributed by atoms with Gasteiger partial charge in [-0.1, -0.05) is 12.1 Å². The van der Waals surface area contributed by atoms with Gasteiger partial charge in [0.05, 0.1) is 6.26 Å². The largest absolute Gasteiger partial charge is 0.469 e. The van der Waals surface area contributed by atoms with Crippen LogP contribution in [0, 0.1) is 0 Å². The second kappa shape index (κ2) is 6.02. The quantitative estimate of drug-likeness (QED) is 0.848. The third-order valence-corrected chi connectivity index (χ3v) is 2.65. The molecule has 1 heterocycles. The third-order valence-electron chi connectivity index (χ3n) is 2.65. The minimum absolute atomic E-state index is 0.0214. The van der Waals surface area contributed by atoms with Crippen molar-refractivity contribution in [2.75, 3.05) is 5.32 Å². The van der Waals surface area contributed by atoms with Crippen LogP contribution in [0.15, 0.2) is 47.1 Å². The molecule has 0 atom stereocenters. The number of amides is 1. The molecule has 94 valence electrons. The van der Waals surface area contributed by atoms with Crippen LogP contribution < -0.4 is 11.1 Å². The lowest BCUT2D eigenvalue weighted by atomic mass is 10.2. The van der Waals surface area contributed by atoms with E-state index in [1.807, 2.05) is 36.4 Å². The molecule has 1 amide bonds. The highest BCUT2D eigenvalue weighted by molar-refractivity contribution is 5.90. The van der Waals surface area contributed by atoms with Crippen LogP contribution >= 0.6 is 0 Å². The maximum absolute atomic E-state index is 11.7. The first-order valence-corrected chi connectivity index (χ1v) is 5.89. The standard InChI is InChI=1S/C14H16N2O2/c15-10-11-3-5-12(6-4-11)16-14(17)8-7-13-2-1-9-18-13/h1-6,9H,7-8,10,15H2,(H,16,17). The van der Waals surface area contributed by atoms with Crippen LogP contribution in [0.25, 0.3) is 0 Å². The first kappa shape index (κ1) is 12.4. The Morgan fingerprint density at radius 1 is 1.22 bits per heavy atom. The van der Waals surface area contributed by atoms with Crippen LogP contribution in [0.3, 0.4) is 0 Å². The zero-order valence-corrected chi connectivity index (χ0v) is 10.1. The molecule has 4 heteroatoms. The van der Waals surface area contributed by atoms with E-state index >= 15 is 0 Å². The predicted molar refractivity (Wildman–Crippen MR) is 70.0 cm³/mol. The number of carbonyl (C=O) groups is 1. The van der Waals surface area contributed by atoms with Gasteiger partial charge in [-0.15, -0.1) is 0 Å². The second-order valence-electron chi connectivity index (χ2n) is 4.03. The molecule has 0 aliphatic carbocycles. The molecule has 0 radical (unpaired) electrons. The smallest absolute Gasteiger partial charge is 0.224 e. The maximum Gasteiger partial charge on any atom is 0.224 e. The number of benzene rings is 1. The van der Waals surface area contributed by atoms with Crippen molar-refractivity contribution >= 4 is 11.6 Å². The summed E-state index contributed by atoms with van der Waals surface area (Å²) in [5.41, 5.74) is 7.34. The fourth-order valence-corrected chi connectivity index (χ4v) is 1.64. The van der Waals surface area contributed by atoms with Gasteiger partial charge in [0.25, 0.3) is 0 Å². The molecule has 0 fully saturated rings. The highest BCUT2D eigenvalue weighted by Crippen LogP contribution is 2.10. The third kappa shape index (κ3) is 3.46. The molecule has 1 aromatic heterocycles. The van der Waals surface area contributed by atoms with Gasteiger partial charge < -0.3 is 15.5 Å². The van der Waals surface area contributed by atoms with Gasteiger partial charge >= 0.3 is 0 Å². The normalized spacial score (nSPS) is 10.3. The van der Waals surface area contributed by atoms with Gasteiger partial charge in [-0.2, -0.15) is 0 Å². The van der Waals surface area contributed by atoms with Crippen molar-refractivity contribution in [1.29, 1.82) is 0 Å². The lowest BCUT2D eigenvalue weighted by Crippen LogP contribution is -2.12. The molecule has 0 saturated heterocycles. The van der Waals surface area contributed by atoms with Crippen LogP contribution in [-0.2, 0) is 17.8 Å². The molecular formula is C14H16N2O2.